The van der Waals surface area contributed by atoms with Crippen molar-refractivity contribution in [1.29, 1.82) is 5.26 Å². The Labute approximate surface area is 101 Å². The van der Waals surface area contributed by atoms with Gasteiger partial charge in [0.25, 0.3) is 10.0 Å². The topological polar surface area (TPSA) is 79.0 Å². The molecule has 0 aliphatic carbocycles. The number of aromatic nitrogens is 2. The molecule has 92 valence electrons. The van der Waals surface area contributed by atoms with E-state index in [1.807, 2.05) is 0 Å². The zero-order valence-corrected chi connectivity index (χ0v) is 10.4. The van der Waals surface area contributed by atoms with E-state index in [0.717, 1.165) is 12.8 Å². The molecule has 2 heterocycles. The summed E-state index contributed by atoms with van der Waals surface area (Å²) in [6.45, 7) is 0.408. The van der Waals surface area contributed by atoms with Gasteiger partial charge in [-0.15, -0.1) is 0 Å². The summed E-state index contributed by atoms with van der Waals surface area (Å²) in [4.78, 5) is 0. The number of hydrogen-bond donors (Lipinski definition) is 0. The zero-order chi connectivity index (χ0) is 12.5. The molecule has 1 aliphatic rings. The lowest BCUT2D eigenvalue weighted by atomic mass is 10.1. The maximum atomic E-state index is 12.4. The molecule has 1 unspecified atom stereocenters. The number of nitriles is 1. The van der Waals surface area contributed by atoms with Gasteiger partial charge in [0.15, 0.2) is 5.03 Å². The molecule has 7 heteroatoms. The van der Waals surface area contributed by atoms with Gasteiger partial charge in [0.05, 0.1) is 12.3 Å². The molecule has 1 atom stereocenters. The van der Waals surface area contributed by atoms with Crippen LogP contribution >= 0.6 is 0 Å². The van der Waals surface area contributed by atoms with Crippen molar-refractivity contribution >= 4 is 10.0 Å². The van der Waals surface area contributed by atoms with E-state index >= 15 is 0 Å². The van der Waals surface area contributed by atoms with Gasteiger partial charge in [-0.2, -0.15) is 14.7 Å². The molecular weight excluding hydrogens is 240 g/mol. The third-order valence-electron chi connectivity index (χ3n) is 2.95. The Morgan fingerprint density at radius 2 is 2.29 bits per heavy atom. The van der Waals surface area contributed by atoms with Gasteiger partial charge in [0.1, 0.15) is 6.04 Å². The van der Waals surface area contributed by atoms with Crippen LogP contribution < -0.4 is 0 Å². The van der Waals surface area contributed by atoms with Gasteiger partial charge in [0, 0.05) is 13.6 Å². The van der Waals surface area contributed by atoms with Crippen LogP contribution in [0.25, 0.3) is 0 Å². The summed E-state index contributed by atoms with van der Waals surface area (Å²) in [6, 6.07) is 2.96. The molecule has 0 bridgehead atoms. The highest BCUT2D eigenvalue weighted by atomic mass is 32.2. The molecule has 1 aliphatic heterocycles. The second kappa shape index (κ2) is 4.47. The van der Waals surface area contributed by atoms with E-state index in [1.165, 1.54) is 21.3 Å². The minimum Gasteiger partial charge on any atom is -0.256 e. The van der Waals surface area contributed by atoms with E-state index in [4.69, 9.17) is 5.26 Å². The smallest absolute Gasteiger partial charge is 0.256 e. The lowest BCUT2D eigenvalue weighted by Gasteiger charge is -2.30. The summed E-state index contributed by atoms with van der Waals surface area (Å²) in [6.07, 6.45) is 3.75. The average Bonchev–Trinajstić information content (AvgIpc) is 2.76. The van der Waals surface area contributed by atoms with E-state index in [-0.39, 0.29) is 5.03 Å². The molecule has 0 saturated carbocycles. The highest BCUT2D eigenvalue weighted by molar-refractivity contribution is 7.89. The Morgan fingerprint density at radius 1 is 1.53 bits per heavy atom. The van der Waals surface area contributed by atoms with Crippen LogP contribution in [0.2, 0.25) is 0 Å². The lowest BCUT2D eigenvalue weighted by Crippen LogP contribution is -2.43. The van der Waals surface area contributed by atoms with Crippen LogP contribution in [0, 0.1) is 11.3 Å². The monoisotopic (exact) mass is 254 g/mol. The third kappa shape index (κ3) is 2.06. The Hall–Kier alpha value is -1.39. The summed E-state index contributed by atoms with van der Waals surface area (Å²) in [5, 5.41) is 13.0. The molecule has 1 fully saturated rings. The minimum atomic E-state index is -3.60. The molecular formula is C10H14N4O2S. The Morgan fingerprint density at radius 3 is 2.88 bits per heavy atom. The summed E-state index contributed by atoms with van der Waals surface area (Å²) in [5.74, 6) is 0. The number of hydrogen-bond acceptors (Lipinski definition) is 4. The van der Waals surface area contributed by atoms with Crippen molar-refractivity contribution in [2.24, 2.45) is 7.05 Å². The summed E-state index contributed by atoms with van der Waals surface area (Å²) in [5.41, 5.74) is 0. The van der Waals surface area contributed by atoms with E-state index < -0.39 is 16.1 Å². The normalized spacial score (nSPS) is 22.2. The van der Waals surface area contributed by atoms with E-state index in [1.54, 1.807) is 7.05 Å². The highest BCUT2D eigenvalue weighted by Crippen LogP contribution is 2.24. The molecule has 1 aromatic heterocycles. The SMILES string of the molecule is Cn1nccc1S(=O)(=O)N1CCCCC1C#N. The van der Waals surface area contributed by atoms with Crippen molar-refractivity contribution < 1.29 is 8.42 Å². The lowest BCUT2D eigenvalue weighted by molar-refractivity contribution is 0.295. The first-order valence-corrected chi connectivity index (χ1v) is 6.91. The van der Waals surface area contributed by atoms with Crippen molar-refractivity contribution in [2.75, 3.05) is 6.54 Å². The molecule has 0 N–H and O–H groups in total. The molecule has 1 aromatic rings. The van der Waals surface area contributed by atoms with Gasteiger partial charge in [-0.05, 0) is 25.3 Å². The van der Waals surface area contributed by atoms with Gasteiger partial charge in [0.2, 0.25) is 0 Å². The zero-order valence-electron chi connectivity index (χ0n) is 9.57. The van der Waals surface area contributed by atoms with E-state index in [0.29, 0.717) is 13.0 Å². The maximum absolute atomic E-state index is 12.4. The van der Waals surface area contributed by atoms with Crippen LogP contribution in [-0.4, -0.2) is 35.1 Å². The quantitative estimate of drug-likeness (QED) is 0.769. The van der Waals surface area contributed by atoms with Crippen molar-refractivity contribution in [3.8, 4) is 6.07 Å². The molecule has 0 spiro atoms. The summed E-state index contributed by atoms with van der Waals surface area (Å²) < 4.78 is 27.3. The van der Waals surface area contributed by atoms with Crippen LogP contribution in [0.15, 0.2) is 17.3 Å². The van der Waals surface area contributed by atoms with Crippen LogP contribution in [-0.2, 0) is 17.1 Å². The molecule has 0 amide bonds. The van der Waals surface area contributed by atoms with Gasteiger partial charge in [-0.1, -0.05) is 0 Å². The fraction of sp³-hybridized carbons (Fsp3) is 0.600. The van der Waals surface area contributed by atoms with Crippen molar-refractivity contribution in [1.82, 2.24) is 14.1 Å². The van der Waals surface area contributed by atoms with Crippen LogP contribution in [0.5, 0.6) is 0 Å². The molecule has 0 aromatic carbocycles. The third-order valence-corrected chi connectivity index (χ3v) is 4.94. The predicted octanol–water partition coefficient (Wildman–Crippen LogP) is 0.487. The molecule has 6 nitrogen and oxygen atoms in total. The minimum absolute atomic E-state index is 0.139. The maximum Gasteiger partial charge on any atom is 0.261 e. The van der Waals surface area contributed by atoms with Gasteiger partial charge in [-0.3, -0.25) is 4.68 Å². The Kier molecular flexibility index (Phi) is 3.17. The van der Waals surface area contributed by atoms with Crippen LogP contribution in [0.4, 0.5) is 0 Å². The molecule has 17 heavy (non-hydrogen) atoms. The van der Waals surface area contributed by atoms with Crippen molar-refractivity contribution in [3.05, 3.63) is 12.3 Å². The second-order valence-corrected chi connectivity index (χ2v) is 5.89. The highest BCUT2D eigenvalue weighted by Gasteiger charge is 2.35. The molecule has 2 rings (SSSR count). The largest absolute Gasteiger partial charge is 0.261 e. The number of rotatable bonds is 2. The molecule has 0 radical (unpaired) electrons. The fourth-order valence-electron chi connectivity index (χ4n) is 2.06. The van der Waals surface area contributed by atoms with Gasteiger partial charge < -0.3 is 0 Å². The van der Waals surface area contributed by atoms with Crippen LogP contribution in [0.1, 0.15) is 19.3 Å². The standard InChI is InChI=1S/C10H14N4O2S/c1-13-10(5-6-12-13)17(15,16)14-7-3-2-4-9(14)8-11/h5-6,9H,2-4,7H2,1H3. The first-order chi connectivity index (χ1) is 8.07. The number of piperidine rings is 1. The fourth-order valence-corrected chi connectivity index (χ4v) is 3.77. The number of sulfonamides is 1. The second-order valence-electron chi connectivity index (χ2n) is 4.05. The Bertz CT molecular complexity index is 543. The van der Waals surface area contributed by atoms with Gasteiger partial charge in [-0.25, -0.2) is 8.42 Å². The predicted molar refractivity (Wildman–Crippen MR) is 60.4 cm³/mol. The summed E-state index contributed by atoms with van der Waals surface area (Å²) >= 11 is 0. The summed E-state index contributed by atoms with van der Waals surface area (Å²) in [7, 11) is -2.02. The number of aryl methyl sites for hydroxylation is 1. The van der Waals surface area contributed by atoms with Crippen LogP contribution in [0.3, 0.4) is 0 Å². The Balaban J connectivity index is 2.39. The van der Waals surface area contributed by atoms with E-state index in [2.05, 4.69) is 11.2 Å². The first-order valence-electron chi connectivity index (χ1n) is 5.47. The van der Waals surface area contributed by atoms with Gasteiger partial charge >= 0.3 is 0 Å². The van der Waals surface area contributed by atoms with Crippen molar-refractivity contribution in [3.63, 3.8) is 0 Å². The number of nitrogens with zero attached hydrogens (tertiary/aromatic N) is 4. The average molecular weight is 254 g/mol. The molecule has 1 saturated heterocycles. The first kappa shape index (κ1) is 12.1. The van der Waals surface area contributed by atoms with Crippen molar-refractivity contribution in [2.45, 2.75) is 30.3 Å². The van der Waals surface area contributed by atoms with E-state index in [9.17, 15) is 8.42 Å².